The number of morpholine rings is 1. The van der Waals surface area contributed by atoms with Gasteiger partial charge in [0.05, 0.1) is 13.2 Å². The number of hydrogen-bond donors (Lipinski definition) is 2. The second-order valence-electron chi connectivity index (χ2n) is 7.96. The topological polar surface area (TPSA) is 53.6 Å². The molecule has 0 radical (unpaired) electrons. The van der Waals surface area contributed by atoms with Crippen molar-refractivity contribution < 1.29 is 9.53 Å². The first-order valence-corrected chi connectivity index (χ1v) is 9.43. The number of anilines is 2. The van der Waals surface area contributed by atoms with Crippen LogP contribution >= 0.6 is 0 Å². The average Bonchev–Trinajstić information content (AvgIpc) is 2.62. The Morgan fingerprint density at radius 2 is 2.00 bits per heavy atom. The highest BCUT2D eigenvalue weighted by molar-refractivity contribution is 5.90. The fourth-order valence-corrected chi connectivity index (χ4v) is 5.19. The molecule has 7 rings (SSSR count). The summed E-state index contributed by atoms with van der Waals surface area (Å²) >= 11 is 0. The summed E-state index contributed by atoms with van der Waals surface area (Å²) in [4.78, 5) is 14.9. The first kappa shape index (κ1) is 15.3. The lowest BCUT2D eigenvalue weighted by atomic mass is 9.51. The maximum atomic E-state index is 12.6. The van der Waals surface area contributed by atoms with Crippen LogP contribution in [0.1, 0.15) is 25.7 Å². The predicted molar refractivity (Wildman–Crippen MR) is 97.9 cm³/mol. The fourth-order valence-electron chi connectivity index (χ4n) is 5.19. The molecule has 1 saturated heterocycles. The molecule has 1 aromatic carbocycles. The van der Waals surface area contributed by atoms with E-state index in [2.05, 4.69) is 33.7 Å². The highest BCUT2D eigenvalue weighted by Crippen LogP contribution is 2.58. The minimum absolute atomic E-state index is 0.0127. The molecule has 3 saturated carbocycles. The van der Waals surface area contributed by atoms with Gasteiger partial charge in [-0.1, -0.05) is 17.7 Å². The quantitative estimate of drug-likeness (QED) is 0.832. The van der Waals surface area contributed by atoms with Crippen molar-refractivity contribution in [1.29, 1.82) is 0 Å². The average molecular weight is 339 g/mol. The molecule has 2 amide bonds. The van der Waals surface area contributed by atoms with Crippen molar-refractivity contribution in [3.63, 3.8) is 0 Å². The number of carbonyl (C=O) groups excluding carboxylic acids is 1. The van der Waals surface area contributed by atoms with Gasteiger partial charge in [-0.3, -0.25) is 0 Å². The van der Waals surface area contributed by atoms with E-state index in [1.807, 2.05) is 12.1 Å². The van der Waals surface area contributed by atoms with E-state index >= 15 is 0 Å². The van der Waals surface area contributed by atoms with E-state index in [1.165, 1.54) is 6.42 Å². The predicted octanol–water partition coefficient (Wildman–Crippen LogP) is 3.14. The molecule has 25 heavy (non-hydrogen) atoms. The monoisotopic (exact) mass is 339 g/mol. The summed E-state index contributed by atoms with van der Waals surface area (Å²) in [7, 11) is 0. The Kier molecular flexibility index (Phi) is 3.52. The minimum Gasteiger partial charge on any atom is -0.378 e. The Labute approximate surface area is 148 Å². The van der Waals surface area contributed by atoms with Crippen LogP contribution in [0.25, 0.3) is 0 Å². The number of hydrogen-bond acceptors (Lipinski definition) is 3. The van der Waals surface area contributed by atoms with Crippen molar-refractivity contribution in [2.24, 2.45) is 11.8 Å². The number of rotatable bonds is 3. The van der Waals surface area contributed by atoms with Gasteiger partial charge < -0.3 is 20.3 Å². The molecule has 2 atom stereocenters. The molecule has 0 aromatic heterocycles. The van der Waals surface area contributed by atoms with Crippen LogP contribution in [0.5, 0.6) is 0 Å². The fraction of sp³-hybridized carbons (Fsp3) is 0.550. The van der Waals surface area contributed by atoms with E-state index in [1.54, 1.807) is 5.57 Å². The lowest BCUT2D eigenvalue weighted by Gasteiger charge is -2.58. The maximum absolute atomic E-state index is 12.6. The second-order valence-corrected chi connectivity index (χ2v) is 7.96. The molecule has 6 aliphatic rings. The van der Waals surface area contributed by atoms with Gasteiger partial charge in [0.25, 0.3) is 0 Å². The zero-order valence-corrected chi connectivity index (χ0v) is 14.5. The number of carbonyl (C=O) groups is 1. The molecular formula is C20H25N3O2. The van der Waals surface area contributed by atoms with E-state index in [-0.39, 0.29) is 11.6 Å². The molecule has 2 N–H and O–H groups in total. The van der Waals surface area contributed by atoms with Crippen molar-refractivity contribution in [3.8, 4) is 0 Å². The van der Waals surface area contributed by atoms with Gasteiger partial charge in [0.15, 0.2) is 0 Å². The minimum atomic E-state index is -0.0720. The van der Waals surface area contributed by atoms with Crippen LogP contribution in [0.4, 0.5) is 16.2 Å². The van der Waals surface area contributed by atoms with Crippen LogP contribution in [-0.4, -0.2) is 37.9 Å². The third-order valence-corrected chi connectivity index (χ3v) is 6.37. The number of fused-ring (bicyclic) bond motifs is 1. The third kappa shape index (κ3) is 2.71. The van der Waals surface area contributed by atoms with Gasteiger partial charge in [-0.15, -0.1) is 0 Å². The molecule has 132 valence electrons. The Morgan fingerprint density at radius 1 is 1.20 bits per heavy atom. The van der Waals surface area contributed by atoms with Gasteiger partial charge in [0.2, 0.25) is 0 Å². The van der Waals surface area contributed by atoms with Crippen LogP contribution in [0, 0.1) is 11.8 Å². The van der Waals surface area contributed by atoms with E-state index in [4.69, 9.17) is 4.74 Å². The van der Waals surface area contributed by atoms with Crippen LogP contribution in [0.3, 0.4) is 0 Å². The van der Waals surface area contributed by atoms with Gasteiger partial charge in [-0.25, -0.2) is 4.79 Å². The van der Waals surface area contributed by atoms with Gasteiger partial charge in [0.1, 0.15) is 0 Å². The molecule has 2 unspecified atom stereocenters. The lowest BCUT2D eigenvalue weighted by molar-refractivity contribution is 0.0826. The Hall–Kier alpha value is -2.01. The highest BCUT2D eigenvalue weighted by Gasteiger charge is 2.53. The molecule has 1 aliphatic heterocycles. The zero-order valence-electron chi connectivity index (χ0n) is 14.5. The summed E-state index contributed by atoms with van der Waals surface area (Å²) in [6, 6.07) is 8.04. The van der Waals surface area contributed by atoms with Gasteiger partial charge in [-0.2, -0.15) is 0 Å². The summed E-state index contributed by atoms with van der Waals surface area (Å²) in [6.07, 6.45) is 6.95. The van der Waals surface area contributed by atoms with Crippen molar-refractivity contribution in [1.82, 2.24) is 5.32 Å². The number of amides is 2. The van der Waals surface area contributed by atoms with Crippen LogP contribution in [0.15, 0.2) is 35.9 Å². The van der Waals surface area contributed by atoms with Gasteiger partial charge in [-0.05, 0) is 55.7 Å². The molecule has 5 nitrogen and oxygen atoms in total. The Morgan fingerprint density at radius 3 is 2.76 bits per heavy atom. The number of urea groups is 1. The summed E-state index contributed by atoms with van der Waals surface area (Å²) in [5, 5.41) is 6.35. The molecule has 5 aliphatic carbocycles. The smallest absolute Gasteiger partial charge is 0.319 e. The second kappa shape index (κ2) is 5.77. The molecule has 4 bridgehead atoms. The van der Waals surface area contributed by atoms with Crippen LogP contribution in [0.2, 0.25) is 0 Å². The number of nitrogens with zero attached hydrogens (tertiary/aromatic N) is 1. The van der Waals surface area contributed by atoms with Crippen molar-refractivity contribution >= 4 is 17.4 Å². The molecule has 4 fully saturated rings. The Balaban J connectivity index is 1.25. The molecule has 1 heterocycles. The standard InChI is InChI=1S/C20H25N3O2/c24-19(22-20-5-4-18-14(12-20)10-15(18)13-20)21-16-2-1-3-17(11-16)23-6-8-25-9-7-23/h1-4,11,14-15H,5-10,12-13H2,(H2,21,22,24). The lowest BCUT2D eigenvalue weighted by Crippen LogP contribution is -2.60. The maximum Gasteiger partial charge on any atom is 0.319 e. The van der Waals surface area contributed by atoms with Crippen molar-refractivity contribution in [3.05, 3.63) is 35.9 Å². The molecule has 0 spiro atoms. The van der Waals surface area contributed by atoms with E-state index in [0.717, 1.165) is 68.8 Å². The number of benzene rings is 1. The summed E-state index contributed by atoms with van der Waals surface area (Å²) in [5.74, 6) is 1.47. The van der Waals surface area contributed by atoms with Gasteiger partial charge >= 0.3 is 6.03 Å². The van der Waals surface area contributed by atoms with Gasteiger partial charge in [0, 0.05) is 30.0 Å². The first-order chi connectivity index (χ1) is 12.2. The summed E-state index contributed by atoms with van der Waals surface area (Å²) < 4.78 is 5.41. The largest absolute Gasteiger partial charge is 0.378 e. The molecule has 5 heteroatoms. The molecule has 1 aromatic rings. The van der Waals surface area contributed by atoms with Crippen LogP contribution < -0.4 is 15.5 Å². The first-order valence-electron chi connectivity index (χ1n) is 9.43. The highest BCUT2D eigenvalue weighted by atomic mass is 16.5. The Bertz CT molecular complexity index is 709. The summed E-state index contributed by atoms with van der Waals surface area (Å²) in [5.41, 5.74) is 3.65. The SMILES string of the molecule is O=C(Nc1cccc(N2CCOCC2)c1)NC12CC=C3C(CC3C1)C2. The van der Waals surface area contributed by atoms with E-state index < -0.39 is 0 Å². The van der Waals surface area contributed by atoms with Crippen molar-refractivity contribution in [2.45, 2.75) is 31.2 Å². The van der Waals surface area contributed by atoms with E-state index in [0.29, 0.717) is 0 Å². The van der Waals surface area contributed by atoms with E-state index in [9.17, 15) is 4.79 Å². The van der Waals surface area contributed by atoms with Crippen LogP contribution in [-0.2, 0) is 4.74 Å². The number of ether oxygens (including phenoxy) is 1. The number of nitrogens with one attached hydrogen (secondary N) is 2. The normalized spacial score (nSPS) is 32.6. The summed E-state index contributed by atoms with van der Waals surface area (Å²) in [6.45, 7) is 3.32. The zero-order chi connectivity index (χ0) is 16.9. The molecular weight excluding hydrogens is 314 g/mol. The third-order valence-electron chi connectivity index (χ3n) is 6.37. The number of allylic oxidation sites excluding steroid dienone is 1. The van der Waals surface area contributed by atoms with Crippen molar-refractivity contribution in [2.75, 3.05) is 36.5 Å².